The standard InChI is InChI=1S/C12H17N3O2S/c1-18-8-9-3-2-4-15(7-9)11-6-13-10(5-14-11)12(16)17/h5-6,9H,2-4,7-8H2,1H3,(H,16,17). The number of hydrogen-bond acceptors (Lipinski definition) is 5. The molecule has 0 aromatic carbocycles. The van der Waals surface area contributed by atoms with Crippen molar-refractivity contribution in [1.29, 1.82) is 0 Å². The van der Waals surface area contributed by atoms with Gasteiger partial charge in [0.05, 0.1) is 12.4 Å². The second-order valence-electron chi connectivity index (χ2n) is 4.47. The number of rotatable bonds is 4. The lowest BCUT2D eigenvalue weighted by atomic mass is 10.0. The van der Waals surface area contributed by atoms with Crippen molar-refractivity contribution in [2.45, 2.75) is 12.8 Å². The number of aromatic carboxylic acids is 1. The summed E-state index contributed by atoms with van der Waals surface area (Å²) < 4.78 is 0. The topological polar surface area (TPSA) is 66.3 Å². The number of nitrogens with zero attached hydrogens (tertiary/aromatic N) is 3. The number of anilines is 1. The first kappa shape index (κ1) is 13.1. The van der Waals surface area contributed by atoms with Crippen LogP contribution < -0.4 is 4.90 Å². The molecular formula is C12H17N3O2S. The van der Waals surface area contributed by atoms with E-state index >= 15 is 0 Å². The molecule has 0 spiro atoms. The molecule has 6 heteroatoms. The van der Waals surface area contributed by atoms with E-state index in [-0.39, 0.29) is 5.69 Å². The third-order valence-electron chi connectivity index (χ3n) is 3.10. The summed E-state index contributed by atoms with van der Waals surface area (Å²) in [4.78, 5) is 21.0. The molecule has 1 unspecified atom stereocenters. The minimum atomic E-state index is -1.03. The Labute approximate surface area is 111 Å². The fourth-order valence-corrected chi connectivity index (χ4v) is 2.98. The molecule has 1 aliphatic heterocycles. The summed E-state index contributed by atoms with van der Waals surface area (Å²) in [5.74, 6) is 1.60. The minimum absolute atomic E-state index is 0.00331. The predicted molar refractivity (Wildman–Crippen MR) is 72.3 cm³/mol. The Morgan fingerprint density at radius 2 is 2.39 bits per heavy atom. The van der Waals surface area contributed by atoms with Crippen molar-refractivity contribution in [3.05, 3.63) is 18.1 Å². The molecule has 0 radical (unpaired) electrons. The molecule has 5 nitrogen and oxygen atoms in total. The summed E-state index contributed by atoms with van der Waals surface area (Å²) in [7, 11) is 0. The third-order valence-corrected chi connectivity index (χ3v) is 3.91. The molecule has 98 valence electrons. The highest BCUT2D eigenvalue weighted by atomic mass is 32.2. The molecular weight excluding hydrogens is 250 g/mol. The molecule has 1 aromatic rings. The maximum Gasteiger partial charge on any atom is 0.356 e. The Morgan fingerprint density at radius 3 is 3.00 bits per heavy atom. The Morgan fingerprint density at radius 1 is 1.56 bits per heavy atom. The Bertz CT molecular complexity index is 408. The molecule has 1 N–H and O–H groups in total. The number of carbonyl (C=O) groups is 1. The lowest BCUT2D eigenvalue weighted by Gasteiger charge is -2.33. The number of carboxylic acid groups (broad SMARTS) is 1. The van der Waals surface area contributed by atoms with Crippen LogP contribution in [0.5, 0.6) is 0 Å². The lowest BCUT2D eigenvalue weighted by Crippen LogP contribution is -2.37. The molecule has 2 heterocycles. The quantitative estimate of drug-likeness (QED) is 0.896. The van der Waals surface area contributed by atoms with Gasteiger partial charge in [-0.1, -0.05) is 0 Å². The third kappa shape index (κ3) is 3.13. The van der Waals surface area contributed by atoms with E-state index in [0.29, 0.717) is 5.92 Å². The molecule has 0 saturated carbocycles. The highest BCUT2D eigenvalue weighted by molar-refractivity contribution is 7.98. The van der Waals surface area contributed by atoms with Crippen molar-refractivity contribution in [3.8, 4) is 0 Å². The van der Waals surface area contributed by atoms with E-state index in [1.165, 1.54) is 12.6 Å². The molecule has 1 aliphatic rings. The predicted octanol–water partition coefficient (Wildman–Crippen LogP) is 1.75. The molecule has 0 aliphatic carbocycles. The van der Waals surface area contributed by atoms with Gasteiger partial charge in [0.15, 0.2) is 5.69 Å². The van der Waals surface area contributed by atoms with Crippen molar-refractivity contribution < 1.29 is 9.90 Å². The summed E-state index contributed by atoms with van der Waals surface area (Å²) in [5, 5.41) is 8.78. The van der Waals surface area contributed by atoms with Crippen LogP contribution in [0.25, 0.3) is 0 Å². The van der Waals surface area contributed by atoms with Crippen LogP contribution in [0.3, 0.4) is 0 Å². The number of aromatic nitrogens is 2. The summed E-state index contributed by atoms with van der Waals surface area (Å²) in [6.07, 6.45) is 7.44. The van der Waals surface area contributed by atoms with Crippen LogP contribution >= 0.6 is 11.8 Å². The number of thioether (sulfide) groups is 1. The van der Waals surface area contributed by atoms with Crippen molar-refractivity contribution in [2.24, 2.45) is 5.92 Å². The average Bonchev–Trinajstić information content (AvgIpc) is 2.39. The van der Waals surface area contributed by atoms with Crippen LogP contribution in [0, 0.1) is 5.92 Å². The van der Waals surface area contributed by atoms with Gasteiger partial charge < -0.3 is 10.0 Å². The summed E-state index contributed by atoms with van der Waals surface area (Å²) in [6, 6.07) is 0. The summed E-state index contributed by atoms with van der Waals surface area (Å²) >= 11 is 1.87. The Kier molecular flexibility index (Phi) is 4.41. The molecule has 18 heavy (non-hydrogen) atoms. The van der Waals surface area contributed by atoms with Gasteiger partial charge in [-0.25, -0.2) is 14.8 Å². The van der Waals surface area contributed by atoms with Crippen LogP contribution in [-0.4, -0.2) is 46.1 Å². The van der Waals surface area contributed by atoms with Gasteiger partial charge in [-0.05, 0) is 30.8 Å². The van der Waals surface area contributed by atoms with Gasteiger partial charge in [0.25, 0.3) is 0 Å². The van der Waals surface area contributed by atoms with E-state index < -0.39 is 5.97 Å². The van der Waals surface area contributed by atoms with E-state index in [1.54, 1.807) is 6.20 Å². The number of carboxylic acids is 1. The van der Waals surface area contributed by atoms with E-state index in [2.05, 4.69) is 21.1 Å². The van der Waals surface area contributed by atoms with Gasteiger partial charge in [0, 0.05) is 13.1 Å². The van der Waals surface area contributed by atoms with E-state index in [0.717, 1.165) is 31.1 Å². The number of hydrogen-bond donors (Lipinski definition) is 1. The lowest BCUT2D eigenvalue weighted by molar-refractivity contribution is 0.0690. The van der Waals surface area contributed by atoms with Crippen molar-refractivity contribution in [3.63, 3.8) is 0 Å². The first-order valence-corrected chi connectivity index (χ1v) is 7.39. The Hall–Kier alpha value is -1.30. The monoisotopic (exact) mass is 267 g/mol. The van der Waals surface area contributed by atoms with E-state index in [1.807, 2.05) is 11.8 Å². The van der Waals surface area contributed by atoms with E-state index in [4.69, 9.17) is 5.11 Å². The van der Waals surface area contributed by atoms with Gasteiger partial charge >= 0.3 is 5.97 Å². The zero-order valence-corrected chi connectivity index (χ0v) is 11.2. The van der Waals surface area contributed by atoms with Gasteiger partial charge in [-0.2, -0.15) is 11.8 Å². The molecule has 1 atom stereocenters. The van der Waals surface area contributed by atoms with Gasteiger partial charge in [-0.3, -0.25) is 0 Å². The molecule has 0 amide bonds. The second kappa shape index (κ2) is 6.04. The fraction of sp³-hybridized carbons (Fsp3) is 0.583. The zero-order valence-electron chi connectivity index (χ0n) is 10.4. The maximum absolute atomic E-state index is 10.7. The van der Waals surface area contributed by atoms with Crippen molar-refractivity contribution >= 4 is 23.5 Å². The van der Waals surface area contributed by atoms with Crippen LogP contribution in [0.1, 0.15) is 23.3 Å². The molecule has 0 bridgehead atoms. The van der Waals surface area contributed by atoms with Crippen LogP contribution in [-0.2, 0) is 0 Å². The number of piperidine rings is 1. The molecule has 1 fully saturated rings. The minimum Gasteiger partial charge on any atom is -0.476 e. The normalized spacial score (nSPS) is 19.8. The highest BCUT2D eigenvalue weighted by Crippen LogP contribution is 2.23. The molecule has 1 aromatic heterocycles. The first-order valence-electron chi connectivity index (χ1n) is 6.00. The SMILES string of the molecule is CSCC1CCCN(c2cnc(C(=O)O)cn2)C1. The maximum atomic E-state index is 10.7. The van der Waals surface area contributed by atoms with Crippen LogP contribution in [0.4, 0.5) is 5.82 Å². The zero-order chi connectivity index (χ0) is 13.0. The first-order chi connectivity index (χ1) is 8.70. The molecule has 2 rings (SSSR count). The van der Waals surface area contributed by atoms with Crippen molar-refractivity contribution in [2.75, 3.05) is 30.0 Å². The van der Waals surface area contributed by atoms with Gasteiger partial charge in [0.1, 0.15) is 5.82 Å². The van der Waals surface area contributed by atoms with Crippen LogP contribution in [0.2, 0.25) is 0 Å². The van der Waals surface area contributed by atoms with Crippen LogP contribution in [0.15, 0.2) is 12.4 Å². The summed E-state index contributed by atoms with van der Waals surface area (Å²) in [6.45, 7) is 1.97. The van der Waals surface area contributed by atoms with E-state index in [9.17, 15) is 4.79 Å². The van der Waals surface area contributed by atoms with Gasteiger partial charge in [0.2, 0.25) is 0 Å². The second-order valence-corrected chi connectivity index (χ2v) is 5.39. The molecule has 1 saturated heterocycles. The fourth-order valence-electron chi connectivity index (χ4n) is 2.24. The average molecular weight is 267 g/mol. The smallest absolute Gasteiger partial charge is 0.356 e. The highest BCUT2D eigenvalue weighted by Gasteiger charge is 2.20. The summed E-state index contributed by atoms with van der Waals surface area (Å²) in [5.41, 5.74) is -0.00331. The van der Waals surface area contributed by atoms with Gasteiger partial charge in [-0.15, -0.1) is 0 Å². The van der Waals surface area contributed by atoms with Crippen molar-refractivity contribution in [1.82, 2.24) is 9.97 Å². The Balaban J connectivity index is 2.04. The largest absolute Gasteiger partial charge is 0.476 e.